The summed E-state index contributed by atoms with van der Waals surface area (Å²) in [7, 11) is 0. The summed E-state index contributed by atoms with van der Waals surface area (Å²) in [6.45, 7) is 5.45. The van der Waals surface area contributed by atoms with E-state index in [1.165, 1.54) is 0 Å². The molecule has 2 aromatic heterocycles. The molecule has 5 nitrogen and oxygen atoms in total. The Morgan fingerprint density at radius 2 is 2.31 bits per heavy atom. The molecule has 2 heterocycles. The molecule has 0 fully saturated rings. The Hall–Kier alpha value is -1.62. The van der Waals surface area contributed by atoms with Gasteiger partial charge in [-0.3, -0.25) is 0 Å². The zero-order chi connectivity index (χ0) is 11.5. The van der Waals surface area contributed by atoms with Crippen molar-refractivity contribution in [1.29, 1.82) is 0 Å². The summed E-state index contributed by atoms with van der Waals surface area (Å²) in [5.41, 5.74) is 7.31. The third-order valence-corrected chi connectivity index (χ3v) is 2.29. The van der Waals surface area contributed by atoms with Gasteiger partial charge in [0.25, 0.3) is 0 Å². The van der Waals surface area contributed by atoms with Crippen molar-refractivity contribution in [3.05, 3.63) is 24.1 Å². The standard InChI is InChI=1S/C11H16N4O/c1-8(2)7-15-11(9(6-12)13-14-15)10-4-3-5-16-10/h3-5,8H,6-7,12H2,1-2H3. The molecule has 5 heteroatoms. The van der Waals surface area contributed by atoms with Crippen molar-refractivity contribution in [2.75, 3.05) is 0 Å². The molecule has 0 atom stereocenters. The van der Waals surface area contributed by atoms with Crippen LogP contribution in [0, 0.1) is 5.92 Å². The molecule has 0 amide bonds. The van der Waals surface area contributed by atoms with Crippen molar-refractivity contribution < 1.29 is 4.42 Å². The summed E-state index contributed by atoms with van der Waals surface area (Å²) in [4.78, 5) is 0. The van der Waals surface area contributed by atoms with Gasteiger partial charge in [-0.15, -0.1) is 5.10 Å². The highest BCUT2D eigenvalue weighted by atomic mass is 16.3. The van der Waals surface area contributed by atoms with Gasteiger partial charge < -0.3 is 10.2 Å². The Morgan fingerprint density at radius 1 is 1.50 bits per heavy atom. The highest BCUT2D eigenvalue weighted by molar-refractivity contribution is 5.55. The van der Waals surface area contributed by atoms with Crippen LogP contribution < -0.4 is 5.73 Å². The van der Waals surface area contributed by atoms with Crippen LogP contribution in [0.4, 0.5) is 0 Å². The van der Waals surface area contributed by atoms with Crippen LogP contribution in [0.25, 0.3) is 11.5 Å². The minimum absolute atomic E-state index is 0.369. The Kier molecular flexibility index (Phi) is 3.05. The number of hydrogen-bond acceptors (Lipinski definition) is 4. The number of hydrogen-bond donors (Lipinski definition) is 1. The molecule has 2 aromatic rings. The van der Waals surface area contributed by atoms with Crippen molar-refractivity contribution in [3.63, 3.8) is 0 Å². The number of aromatic nitrogens is 3. The highest BCUT2D eigenvalue weighted by Gasteiger charge is 2.16. The Bertz CT molecular complexity index is 445. The van der Waals surface area contributed by atoms with Gasteiger partial charge in [-0.05, 0) is 18.1 Å². The van der Waals surface area contributed by atoms with Crippen molar-refractivity contribution in [2.24, 2.45) is 11.7 Å². The van der Waals surface area contributed by atoms with E-state index in [2.05, 4.69) is 24.2 Å². The molecule has 0 aliphatic rings. The van der Waals surface area contributed by atoms with E-state index in [-0.39, 0.29) is 0 Å². The van der Waals surface area contributed by atoms with E-state index in [0.717, 1.165) is 23.7 Å². The zero-order valence-corrected chi connectivity index (χ0v) is 9.55. The molecule has 0 aromatic carbocycles. The van der Waals surface area contributed by atoms with E-state index in [9.17, 15) is 0 Å². The molecule has 0 saturated carbocycles. The van der Waals surface area contributed by atoms with Gasteiger partial charge in [0.1, 0.15) is 11.4 Å². The highest BCUT2D eigenvalue weighted by Crippen LogP contribution is 2.23. The van der Waals surface area contributed by atoms with Crippen LogP contribution in [0.1, 0.15) is 19.5 Å². The predicted octanol–water partition coefficient (Wildman–Crippen LogP) is 1.65. The van der Waals surface area contributed by atoms with Gasteiger partial charge in [0.2, 0.25) is 0 Å². The fourth-order valence-electron chi connectivity index (χ4n) is 1.64. The molecule has 0 aliphatic heterocycles. The molecule has 2 rings (SSSR count). The van der Waals surface area contributed by atoms with Gasteiger partial charge >= 0.3 is 0 Å². The SMILES string of the molecule is CC(C)Cn1nnc(CN)c1-c1ccco1. The third kappa shape index (κ3) is 1.99. The quantitative estimate of drug-likeness (QED) is 0.850. The van der Waals surface area contributed by atoms with Crippen molar-refractivity contribution >= 4 is 0 Å². The first-order valence-electron chi connectivity index (χ1n) is 5.38. The largest absolute Gasteiger partial charge is 0.463 e. The fraction of sp³-hybridized carbons (Fsp3) is 0.455. The van der Waals surface area contributed by atoms with E-state index in [4.69, 9.17) is 10.2 Å². The molecule has 2 N–H and O–H groups in total. The first-order chi connectivity index (χ1) is 7.72. The van der Waals surface area contributed by atoms with Gasteiger partial charge in [-0.1, -0.05) is 19.1 Å². The maximum Gasteiger partial charge on any atom is 0.153 e. The van der Waals surface area contributed by atoms with Crippen LogP contribution >= 0.6 is 0 Å². The number of furan rings is 1. The molecule has 0 radical (unpaired) electrons. The third-order valence-electron chi connectivity index (χ3n) is 2.29. The lowest BCUT2D eigenvalue weighted by Gasteiger charge is -2.07. The van der Waals surface area contributed by atoms with Gasteiger partial charge in [0, 0.05) is 13.1 Å². The van der Waals surface area contributed by atoms with E-state index >= 15 is 0 Å². The van der Waals surface area contributed by atoms with Gasteiger partial charge in [0.15, 0.2) is 5.76 Å². The summed E-state index contributed by atoms with van der Waals surface area (Å²) in [5, 5.41) is 8.18. The van der Waals surface area contributed by atoms with Crippen LogP contribution in [-0.2, 0) is 13.1 Å². The van der Waals surface area contributed by atoms with Crippen LogP contribution in [0.15, 0.2) is 22.8 Å². The molecular formula is C11H16N4O. The number of nitrogens with two attached hydrogens (primary N) is 1. The van der Waals surface area contributed by atoms with Crippen LogP contribution in [0.3, 0.4) is 0 Å². The Labute approximate surface area is 94.2 Å². The minimum Gasteiger partial charge on any atom is -0.463 e. The monoisotopic (exact) mass is 220 g/mol. The van der Waals surface area contributed by atoms with Gasteiger partial charge in [0.05, 0.1) is 6.26 Å². The van der Waals surface area contributed by atoms with Gasteiger partial charge in [-0.2, -0.15) is 0 Å². The normalized spacial score (nSPS) is 11.2. The maximum atomic E-state index is 5.64. The molecular weight excluding hydrogens is 204 g/mol. The summed E-state index contributed by atoms with van der Waals surface area (Å²) in [6.07, 6.45) is 1.64. The van der Waals surface area contributed by atoms with Crippen LogP contribution in [-0.4, -0.2) is 15.0 Å². The first kappa shape index (κ1) is 10.9. The van der Waals surface area contributed by atoms with Crippen molar-refractivity contribution in [2.45, 2.75) is 26.9 Å². The number of rotatable bonds is 4. The summed E-state index contributed by atoms with van der Waals surface area (Å²) < 4.78 is 7.24. The van der Waals surface area contributed by atoms with E-state index in [1.54, 1.807) is 6.26 Å². The molecule has 0 unspecified atom stereocenters. The lowest BCUT2D eigenvalue weighted by atomic mass is 10.2. The number of nitrogens with zero attached hydrogens (tertiary/aromatic N) is 3. The molecule has 0 spiro atoms. The average molecular weight is 220 g/mol. The topological polar surface area (TPSA) is 69.9 Å². The first-order valence-corrected chi connectivity index (χ1v) is 5.38. The maximum absolute atomic E-state index is 5.64. The molecule has 86 valence electrons. The molecule has 0 aliphatic carbocycles. The predicted molar refractivity (Wildman–Crippen MR) is 60.5 cm³/mol. The van der Waals surface area contributed by atoms with E-state index in [0.29, 0.717) is 12.5 Å². The second kappa shape index (κ2) is 4.49. The zero-order valence-electron chi connectivity index (χ0n) is 9.55. The van der Waals surface area contributed by atoms with Crippen molar-refractivity contribution in [3.8, 4) is 11.5 Å². The van der Waals surface area contributed by atoms with Gasteiger partial charge in [-0.25, -0.2) is 4.68 Å². The molecule has 16 heavy (non-hydrogen) atoms. The Balaban J connectivity index is 2.43. The van der Waals surface area contributed by atoms with E-state index in [1.807, 2.05) is 16.8 Å². The second-order valence-electron chi connectivity index (χ2n) is 4.14. The summed E-state index contributed by atoms with van der Waals surface area (Å²) in [6, 6.07) is 3.75. The van der Waals surface area contributed by atoms with Crippen LogP contribution in [0.5, 0.6) is 0 Å². The lowest BCUT2D eigenvalue weighted by Crippen LogP contribution is -2.08. The fourth-order valence-corrected chi connectivity index (χ4v) is 1.64. The smallest absolute Gasteiger partial charge is 0.153 e. The molecule has 0 bridgehead atoms. The second-order valence-corrected chi connectivity index (χ2v) is 4.14. The Morgan fingerprint density at radius 3 is 2.88 bits per heavy atom. The minimum atomic E-state index is 0.369. The lowest BCUT2D eigenvalue weighted by molar-refractivity contribution is 0.469. The summed E-state index contributed by atoms with van der Waals surface area (Å²) in [5.74, 6) is 1.27. The average Bonchev–Trinajstić information content (AvgIpc) is 2.84. The summed E-state index contributed by atoms with van der Waals surface area (Å²) >= 11 is 0. The molecule has 0 saturated heterocycles. The van der Waals surface area contributed by atoms with Crippen molar-refractivity contribution in [1.82, 2.24) is 15.0 Å². The van der Waals surface area contributed by atoms with Crippen LogP contribution in [0.2, 0.25) is 0 Å². The van der Waals surface area contributed by atoms with E-state index < -0.39 is 0 Å².